The average molecular weight is 186 g/mol. The van der Waals surface area contributed by atoms with E-state index in [9.17, 15) is 19.8 Å². The van der Waals surface area contributed by atoms with E-state index in [4.69, 9.17) is 5.11 Å². The zero-order valence-corrected chi connectivity index (χ0v) is 8.20. The molecular formula is C5H6CaO5. The smallest absolute Gasteiger partial charge is 0.550 e. The first kappa shape index (κ1) is 13.7. The van der Waals surface area contributed by atoms with Gasteiger partial charge in [-0.3, -0.25) is 0 Å². The number of aliphatic hydroxyl groups is 1. The molecule has 0 radical (unpaired) electrons. The number of aliphatic carboxylic acids is 2. The predicted octanol–water partition coefficient (Wildman–Crippen LogP) is -3.75. The quantitative estimate of drug-likeness (QED) is 0.456. The molecule has 1 N–H and O–H groups in total. The van der Waals surface area contributed by atoms with Crippen LogP contribution in [0.5, 0.6) is 0 Å². The van der Waals surface area contributed by atoms with Crippen molar-refractivity contribution in [3.63, 3.8) is 0 Å². The molecule has 0 amide bonds. The van der Waals surface area contributed by atoms with Gasteiger partial charge >= 0.3 is 37.7 Å². The molecule has 0 aliphatic carbocycles. The van der Waals surface area contributed by atoms with Gasteiger partial charge in [0.05, 0.1) is 5.97 Å². The number of carboxylic acid groups (broad SMARTS) is 2. The van der Waals surface area contributed by atoms with E-state index in [2.05, 4.69) is 0 Å². The van der Waals surface area contributed by atoms with E-state index in [0.29, 0.717) is 0 Å². The van der Waals surface area contributed by atoms with Crippen molar-refractivity contribution in [2.75, 3.05) is 0 Å². The molecule has 0 aromatic heterocycles. The predicted molar refractivity (Wildman–Crippen MR) is 31.0 cm³/mol. The second-order valence-electron chi connectivity index (χ2n) is 2.11. The molecule has 58 valence electrons. The number of carboxylic acids is 2. The van der Waals surface area contributed by atoms with Crippen molar-refractivity contribution in [3.05, 3.63) is 0 Å². The summed E-state index contributed by atoms with van der Waals surface area (Å²) in [5.74, 6) is -3.45. The monoisotopic (exact) mass is 186 g/mol. The summed E-state index contributed by atoms with van der Waals surface area (Å²) in [5, 5.41) is 28.3. The Labute approximate surface area is 93.0 Å². The topological polar surface area (TPSA) is 100 Å². The summed E-state index contributed by atoms with van der Waals surface area (Å²) < 4.78 is 0. The number of carbonyl (C=O) groups excluding carboxylic acids is 2. The summed E-state index contributed by atoms with van der Waals surface area (Å²) in [6.45, 7) is 0.831. The van der Waals surface area contributed by atoms with Gasteiger partial charge in [0.25, 0.3) is 0 Å². The fourth-order valence-electron chi connectivity index (χ4n) is 0.353. The zero-order chi connectivity index (χ0) is 8.36. The van der Waals surface area contributed by atoms with Gasteiger partial charge in [-0.25, -0.2) is 0 Å². The van der Waals surface area contributed by atoms with Gasteiger partial charge in [0, 0.05) is 12.4 Å². The third-order valence-electron chi connectivity index (χ3n) is 0.928. The molecule has 0 aromatic rings. The molecule has 0 saturated heterocycles. The van der Waals surface area contributed by atoms with Crippen molar-refractivity contribution in [2.45, 2.75) is 18.9 Å². The summed E-state index contributed by atoms with van der Waals surface area (Å²) in [4.78, 5) is 19.7. The van der Waals surface area contributed by atoms with Gasteiger partial charge < -0.3 is 24.9 Å². The van der Waals surface area contributed by atoms with Gasteiger partial charge in [-0.2, -0.15) is 0 Å². The Bertz CT molecular complexity index is 164. The van der Waals surface area contributed by atoms with E-state index in [1.165, 1.54) is 0 Å². The zero-order valence-electron chi connectivity index (χ0n) is 5.99. The summed E-state index contributed by atoms with van der Waals surface area (Å²) in [7, 11) is 0. The standard InChI is InChI=1S/C5H8O5.Ca/c1-5(10,4(8)9)2-3(6)7;/h10H,2H2,1H3,(H,6,7)(H,8,9);/q;+2/p-2. The molecule has 1 atom stereocenters. The Morgan fingerprint density at radius 1 is 1.45 bits per heavy atom. The number of hydrogen-bond acceptors (Lipinski definition) is 5. The van der Waals surface area contributed by atoms with Gasteiger partial charge in [0.1, 0.15) is 5.60 Å². The van der Waals surface area contributed by atoms with Gasteiger partial charge in [-0.1, -0.05) is 0 Å². The molecule has 0 aromatic carbocycles. The number of carbonyl (C=O) groups is 2. The van der Waals surface area contributed by atoms with Crippen molar-refractivity contribution in [3.8, 4) is 0 Å². The molecule has 0 saturated carbocycles. The van der Waals surface area contributed by atoms with Crippen molar-refractivity contribution >= 4 is 49.7 Å². The first-order valence-electron chi connectivity index (χ1n) is 2.50. The Balaban J connectivity index is 0. The maximum Gasteiger partial charge on any atom is 2.00 e. The molecule has 6 heteroatoms. The van der Waals surface area contributed by atoms with Crippen LogP contribution in [0.25, 0.3) is 0 Å². The fourth-order valence-corrected chi connectivity index (χ4v) is 0.353. The molecule has 5 nitrogen and oxygen atoms in total. The van der Waals surface area contributed by atoms with E-state index in [-0.39, 0.29) is 37.7 Å². The van der Waals surface area contributed by atoms with Gasteiger partial charge in [0.2, 0.25) is 0 Å². The Morgan fingerprint density at radius 3 is 1.91 bits per heavy atom. The van der Waals surface area contributed by atoms with Crippen LogP contribution in [0, 0.1) is 0 Å². The molecule has 1 unspecified atom stereocenters. The first-order chi connectivity index (χ1) is 4.36. The molecule has 11 heavy (non-hydrogen) atoms. The first-order valence-corrected chi connectivity index (χ1v) is 2.50. The van der Waals surface area contributed by atoms with Crippen molar-refractivity contribution in [1.29, 1.82) is 0 Å². The van der Waals surface area contributed by atoms with Gasteiger partial charge in [-0.15, -0.1) is 0 Å². The number of hydrogen-bond donors (Lipinski definition) is 1. The summed E-state index contributed by atoms with van der Waals surface area (Å²) in [5.41, 5.74) is -2.33. The fraction of sp³-hybridized carbons (Fsp3) is 0.600. The second-order valence-corrected chi connectivity index (χ2v) is 2.11. The minimum atomic E-state index is -2.33. The van der Waals surface area contributed by atoms with Gasteiger partial charge in [0.15, 0.2) is 0 Å². The Hall–Kier alpha value is 0.160. The summed E-state index contributed by atoms with van der Waals surface area (Å²) in [6, 6.07) is 0. The molecule has 0 rings (SSSR count). The van der Waals surface area contributed by atoms with Crippen LogP contribution in [0.15, 0.2) is 0 Å². The molecule has 0 bridgehead atoms. The van der Waals surface area contributed by atoms with E-state index >= 15 is 0 Å². The molecular weight excluding hydrogens is 180 g/mol. The van der Waals surface area contributed by atoms with Crippen LogP contribution in [0.1, 0.15) is 13.3 Å². The number of rotatable bonds is 3. The summed E-state index contributed by atoms with van der Waals surface area (Å²) in [6.07, 6.45) is -0.963. The third-order valence-corrected chi connectivity index (χ3v) is 0.928. The van der Waals surface area contributed by atoms with Crippen LogP contribution in [0.4, 0.5) is 0 Å². The largest absolute Gasteiger partial charge is 2.00 e. The van der Waals surface area contributed by atoms with Crippen molar-refractivity contribution in [2.24, 2.45) is 0 Å². The Kier molecular flexibility index (Phi) is 6.14. The van der Waals surface area contributed by atoms with Crippen LogP contribution in [0.2, 0.25) is 0 Å². The normalized spacial score (nSPS) is 14.4. The van der Waals surface area contributed by atoms with Crippen molar-refractivity contribution < 1.29 is 24.9 Å². The molecule has 0 heterocycles. The van der Waals surface area contributed by atoms with E-state index in [1.807, 2.05) is 0 Å². The van der Waals surface area contributed by atoms with Crippen LogP contribution in [-0.4, -0.2) is 60.4 Å². The Morgan fingerprint density at radius 2 is 1.82 bits per heavy atom. The second kappa shape index (κ2) is 4.92. The van der Waals surface area contributed by atoms with Crippen LogP contribution < -0.4 is 10.2 Å². The maximum absolute atomic E-state index is 9.90. The maximum atomic E-state index is 9.90. The third kappa shape index (κ3) is 5.43. The van der Waals surface area contributed by atoms with Crippen LogP contribution in [0.3, 0.4) is 0 Å². The molecule has 0 aliphatic heterocycles. The molecule has 0 aliphatic rings. The van der Waals surface area contributed by atoms with Crippen molar-refractivity contribution in [1.82, 2.24) is 0 Å². The van der Waals surface area contributed by atoms with Crippen LogP contribution >= 0.6 is 0 Å². The summed E-state index contributed by atoms with van der Waals surface area (Å²) >= 11 is 0. The van der Waals surface area contributed by atoms with E-state index in [0.717, 1.165) is 6.92 Å². The minimum absolute atomic E-state index is 0. The SMILES string of the molecule is CC(O)(CC(=O)[O-])C(=O)[O-].[Ca+2]. The van der Waals surface area contributed by atoms with E-state index < -0.39 is 24.0 Å². The average Bonchev–Trinajstić information content (AvgIpc) is 1.60. The molecule has 0 spiro atoms. The van der Waals surface area contributed by atoms with E-state index in [1.54, 1.807) is 0 Å². The van der Waals surface area contributed by atoms with Gasteiger partial charge in [-0.05, 0) is 6.92 Å². The molecule has 0 fully saturated rings. The minimum Gasteiger partial charge on any atom is -0.550 e. The van der Waals surface area contributed by atoms with Crippen LogP contribution in [-0.2, 0) is 9.59 Å².